The molecule has 35 heavy (non-hydrogen) atoms. The second-order valence-corrected chi connectivity index (χ2v) is 9.36. The maximum absolute atomic E-state index is 12.6. The van der Waals surface area contributed by atoms with Gasteiger partial charge in [0.2, 0.25) is 0 Å². The van der Waals surface area contributed by atoms with E-state index in [4.69, 9.17) is 14.2 Å². The second kappa shape index (κ2) is 10.2. The van der Waals surface area contributed by atoms with Gasteiger partial charge in [0.15, 0.2) is 11.5 Å². The highest BCUT2D eigenvalue weighted by molar-refractivity contribution is 7.11. The van der Waals surface area contributed by atoms with Crippen molar-refractivity contribution in [3.8, 4) is 23.0 Å². The third-order valence-corrected chi connectivity index (χ3v) is 6.90. The fraction of sp³-hybridized carbons (Fsp3) is 0.269. The smallest absolute Gasteiger partial charge is 0.319 e. The average molecular weight is 493 g/mol. The number of aromatic nitrogens is 2. The molecular weight excluding hydrogens is 464 g/mol. The van der Waals surface area contributed by atoms with Gasteiger partial charge in [-0.2, -0.15) is 0 Å². The fourth-order valence-electron chi connectivity index (χ4n) is 3.60. The molecule has 182 valence electrons. The molecule has 2 amide bonds. The van der Waals surface area contributed by atoms with Crippen LogP contribution in [0.5, 0.6) is 23.0 Å². The number of hydrogen-bond donors (Lipinski definition) is 2. The van der Waals surface area contributed by atoms with E-state index < -0.39 is 0 Å². The zero-order valence-electron chi connectivity index (χ0n) is 20.6. The molecule has 0 bridgehead atoms. The van der Waals surface area contributed by atoms with Crippen molar-refractivity contribution in [2.75, 3.05) is 19.5 Å². The van der Waals surface area contributed by atoms with Gasteiger partial charge in [-0.3, -0.25) is 4.98 Å². The van der Waals surface area contributed by atoms with Gasteiger partial charge in [-0.05, 0) is 63.6 Å². The summed E-state index contributed by atoms with van der Waals surface area (Å²) in [5.74, 6) is 2.47. The molecule has 9 heteroatoms. The first kappa shape index (κ1) is 24.3. The lowest BCUT2D eigenvalue weighted by Gasteiger charge is -2.15. The monoisotopic (exact) mass is 492 g/mol. The Bertz CT molecular complexity index is 1370. The Hall–Kier alpha value is -3.85. The number of benzene rings is 2. The highest BCUT2D eigenvalue weighted by Crippen LogP contribution is 2.37. The summed E-state index contributed by atoms with van der Waals surface area (Å²) in [6.07, 6.45) is 1.68. The van der Waals surface area contributed by atoms with Crippen LogP contribution in [0.15, 0.2) is 42.6 Å². The van der Waals surface area contributed by atoms with E-state index in [1.54, 1.807) is 37.8 Å². The molecule has 4 rings (SSSR count). The van der Waals surface area contributed by atoms with Crippen molar-refractivity contribution in [2.45, 2.75) is 33.7 Å². The van der Waals surface area contributed by atoms with Gasteiger partial charge in [0.25, 0.3) is 0 Å². The third kappa shape index (κ3) is 5.30. The molecule has 4 aromatic rings. The van der Waals surface area contributed by atoms with E-state index in [2.05, 4.69) is 20.6 Å². The maximum Gasteiger partial charge on any atom is 0.319 e. The van der Waals surface area contributed by atoms with Crippen molar-refractivity contribution in [2.24, 2.45) is 0 Å². The van der Waals surface area contributed by atoms with Gasteiger partial charge in [-0.25, -0.2) is 9.78 Å². The summed E-state index contributed by atoms with van der Waals surface area (Å²) in [6, 6.07) is 10.5. The number of anilines is 1. The van der Waals surface area contributed by atoms with E-state index in [1.807, 2.05) is 58.0 Å². The van der Waals surface area contributed by atoms with E-state index in [9.17, 15) is 4.79 Å². The van der Waals surface area contributed by atoms with Crippen molar-refractivity contribution in [3.05, 3.63) is 63.7 Å². The molecule has 0 aliphatic heterocycles. The number of thiazole rings is 1. The number of pyridine rings is 1. The molecule has 0 saturated heterocycles. The van der Waals surface area contributed by atoms with E-state index in [0.717, 1.165) is 32.0 Å². The van der Waals surface area contributed by atoms with Gasteiger partial charge in [0.1, 0.15) is 16.5 Å². The Labute approximate surface area is 208 Å². The predicted molar refractivity (Wildman–Crippen MR) is 138 cm³/mol. The Morgan fingerprint density at radius 1 is 1.00 bits per heavy atom. The number of urea groups is 1. The van der Waals surface area contributed by atoms with E-state index in [0.29, 0.717) is 28.7 Å². The quantitative estimate of drug-likeness (QED) is 0.314. The number of fused-ring (bicyclic) bond motifs is 1. The summed E-state index contributed by atoms with van der Waals surface area (Å²) in [5.41, 5.74) is 3.28. The van der Waals surface area contributed by atoms with Crippen molar-refractivity contribution < 1.29 is 19.0 Å². The number of hydrogen-bond acceptors (Lipinski definition) is 7. The molecule has 0 aliphatic rings. The maximum atomic E-state index is 12.6. The third-order valence-electron chi connectivity index (χ3n) is 5.64. The Morgan fingerprint density at radius 3 is 2.40 bits per heavy atom. The van der Waals surface area contributed by atoms with Crippen molar-refractivity contribution in [1.29, 1.82) is 0 Å². The summed E-state index contributed by atoms with van der Waals surface area (Å²) in [6.45, 7) is 7.83. The Balaban J connectivity index is 1.48. The predicted octanol–water partition coefficient (Wildman–Crippen LogP) is 6.31. The molecule has 0 radical (unpaired) electrons. The molecular formula is C26H28N4O4S. The molecule has 0 aliphatic carbocycles. The van der Waals surface area contributed by atoms with Crippen LogP contribution in [-0.4, -0.2) is 30.2 Å². The molecule has 2 heterocycles. The summed E-state index contributed by atoms with van der Waals surface area (Å²) in [4.78, 5) is 22.7. The van der Waals surface area contributed by atoms with Gasteiger partial charge >= 0.3 is 6.03 Å². The first-order valence-electron chi connectivity index (χ1n) is 11.1. The minimum absolute atomic E-state index is 0.189. The molecule has 0 spiro atoms. The van der Waals surface area contributed by atoms with Crippen LogP contribution in [0.4, 0.5) is 10.5 Å². The highest BCUT2D eigenvalue weighted by Gasteiger charge is 2.16. The van der Waals surface area contributed by atoms with Crippen LogP contribution < -0.4 is 24.8 Å². The number of methoxy groups -OCH3 is 2. The Morgan fingerprint density at radius 2 is 1.74 bits per heavy atom. The van der Waals surface area contributed by atoms with E-state index in [1.165, 1.54) is 0 Å². The van der Waals surface area contributed by atoms with Gasteiger partial charge in [0.05, 0.1) is 31.5 Å². The lowest BCUT2D eigenvalue weighted by molar-refractivity contribution is 0.249. The summed E-state index contributed by atoms with van der Waals surface area (Å²) < 4.78 is 17.0. The van der Waals surface area contributed by atoms with Crippen LogP contribution in [0.25, 0.3) is 10.9 Å². The van der Waals surface area contributed by atoms with Gasteiger partial charge < -0.3 is 24.8 Å². The van der Waals surface area contributed by atoms with Crippen LogP contribution in [0.1, 0.15) is 34.1 Å². The molecule has 8 nitrogen and oxygen atoms in total. The number of amides is 2. The highest BCUT2D eigenvalue weighted by atomic mass is 32.1. The van der Waals surface area contributed by atoms with Crippen LogP contribution >= 0.6 is 11.3 Å². The lowest BCUT2D eigenvalue weighted by atomic mass is 10.1. The molecule has 2 aromatic heterocycles. The van der Waals surface area contributed by atoms with Crippen LogP contribution in [0.3, 0.4) is 0 Å². The molecule has 2 aromatic carbocycles. The van der Waals surface area contributed by atoms with Crippen molar-refractivity contribution in [1.82, 2.24) is 15.3 Å². The zero-order chi connectivity index (χ0) is 25.1. The topological polar surface area (TPSA) is 94.6 Å². The minimum atomic E-state index is -0.291. The molecule has 0 fully saturated rings. The van der Waals surface area contributed by atoms with Gasteiger partial charge in [-0.1, -0.05) is 0 Å². The SMILES string of the molecule is COc1cc2nccc(Oc3ccc(NC(=O)NC(C)c4nc(C)c(C)s4)c(C)c3)c2cc1OC. The first-order valence-corrected chi connectivity index (χ1v) is 11.9. The number of aryl methyl sites for hydroxylation is 3. The summed E-state index contributed by atoms with van der Waals surface area (Å²) in [5, 5.41) is 7.54. The number of carbonyl (C=O) groups excluding carboxylic acids is 1. The summed E-state index contributed by atoms with van der Waals surface area (Å²) in [7, 11) is 3.18. The van der Waals surface area contributed by atoms with Crippen molar-refractivity contribution in [3.63, 3.8) is 0 Å². The molecule has 2 N–H and O–H groups in total. The van der Waals surface area contributed by atoms with Gasteiger partial charge in [0, 0.05) is 28.2 Å². The first-order chi connectivity index (χ1) is 16.8. The van der Waals surface area contributed by atoms with Crippen LogP contribution in [0, 0.1) is 20.8 Å². The van der Waals surface area contributed by atoms with Crippen LogP contribution in [0.2, 0.25) is 0 Å². The standard InChI is InChI=1S/C26H28N4O4S/c1-14-11-18(34-22-9-10-27-21-13-24(33-6)23(32-5)12-19(21)22)7-8-20(14)30-26(31)29-16(3)25-28-15(2)17(4)35-25/h7-13,16H,1-6H3,(H2,29,30,31). The fourth-order valence-corrected chi connectivity index (χ4v) is 4.53. The largest absolute Gasteiger partial charge is 0.493 e. The average Bonchev–Trinajstić information content (AvgIpc) is 3.18. The van der Waals surface area contributed by atoms with Gasteiger partial charge in [-0.15, -0.1) is 11.3 Å². The van der Waals surface area contributed by atoms with E-state index in [-0.39, 0.29) is 12.1 Å². The number of nitrogens with zero attached hydrogens (tertiary/aromatic N) is 2. The molecule has 1 unspecified atom stereocenters. The molecule has 0 saturated carbocycles. The number of ether oxygens (including phenoxy) is 3. The number of rotatable bonds is 7. The lowest BCUT2D eigenvalue weighted by Crippen LogP contribution is -2.31. The number of nitrogens with one attached hydrogen (secondary N) is 2. The normalized spacial score (nSPS) is 11.7. The second-order valence-electron chi connectivity index (χ2n) is 8.13. The number of carbonyl (C=O) groups is 1. The zero-order valence-corrected chi connectivity index (χ0v) is 21.4. The van der Waals surface area contributed by atoms with Crippen LogP contribution in [-0.2, 0) is 0 Å². The molecule has 1 atom stereocenters. The Kier molecular flexibility index (Phi) is 7.07. The van der Waals surface area contributed by atoms with E-state index >= 15 is 0 Å². The van der Waals surface area contributed by atoms with Crippen molar-refractivity contribution >= 4 is 34.0 Å². The minimum Gasteiger partial charge on any atom is -0.493 e. The summed E-state index contributed by atoms with van der Waals surface area (Å²) >= 11 is 1.59.